The number of aromatic nitrogens is 2. The number of fused-ring (bicyclic) bond motifs is 1. The maximum atomic E-state index is 13.2. The first-order chi connectivity index (χ1) is 12.7. The molecule has 0 aliphatic carbocycles. The number of carbonyl (C=O) groups excluding carboxylic acids is 1. The maximum absolute atomic E-state index is 13.2. The summed E-state index contributed by atoms with van der Waals surface area (Å²) in [6, 6.07) is 3.18. The Bertz CT molecular complexity index is 1030. The van der Waals surface area contributed by atoms with Crippen molar-refractivity contribution < 1.29 is 23.6 Å². The molecule has 0 bridgehead atoms. The van der Waals surface area contributed by atoms with Crippen LogP contribution in [0, 0.1) is 20.8 Å². The number of hydrogen-bond acceptors (Lipinski definition) is 6. The summed E-state index contributed by atoms with van der Waals surface area (Å²) in [6.07, 6.45) is 0. The van der Waals surface area contributed by atoms with Crippen LogP contribution in [-0.4, -0.2) is 44.6 Å². The first-order valence-electron chi connectivity index (χ1n) is 8.56. The van der Waals surface area contributed by atoms with Gasteiger partial charge in [-0.25, -0.2) is 4.98 Å². The number of carbonyl (C=O) groups is 2. The zero-order chi connectivity index (χ0) is 19.9. The van der Waals surface area contributed by atoms with E-state index in [-0.39, 0.29) is 11.8 Å². The number of nitrogens with zero attached hydrogens (tertiary/aromatic N) is 3. The molecule has 0 saturated heterocycles. The van der Waals surface area contributed by atoms with Gasteiger partial charge < -0.3 is 18.9 Å². The van der Waals surface area contributed by atoms with E-state index in [1.54, 1.807) is 26.8 Å². The van der Waals surface area contributed by atoms with E-state index in [0.29, 0.717) is 28.1 Å². The summed E-state index contributed by atoms with van der Waals surface area (Å²) in [5.41, 5.74) is 2.31. The van der Waals surface area contributed by atoms with Gasteiger partial charge in [0.2, 0.25) is 0 Å². The molecule has 0 radical (unpaired) electrons. The van der Waals surface area contributed by atoms with E-state index in [2.05, 4.69) is 10.1 Å². The van der Waals surface area contributed by atoms with Crippen LogP contribution in [-0.2, 0) is 4.79 Å². The number of furan rings is 1. The second kappa shape index (κ2) is 6.86. The Kier molecular flexibility index (Phi) is 4.73. The fourth-order valence-corrected chi connectivity index (χ4v) is 3.08. The molecule has 0 unspecified atom stereocenters. The van der Waals surface area contributed by atoms with Crippen molar-refractivity contribution in [3.8, 4) is 11.3 Å². The van der Waals surface area contributed by atoms with E-state index in [4.69, 9.17) is 8.94 Å². The van der Waals surface area contributed by atoms with Gasteiger partial charge in [0.25, 0.3) is 11.6 Å². The van der Waals surface area contributed by atoms with Crippen molar-refractivity contribution in [1.29, 1.82) is 0 Å². The summed E-state index contributed by atoms with van der Waals surface area (Å²) in [5, 5.41) is 13.6. The third-order valence-corrected chi connectivity index (χ3v) is 4.35. The van der Waals surface area contributed by atoms with Gasteiger partial charge in [0.1, 0.15) is 18.1 Å². The Balaban J connectivity index is 2.21. The number of pyridine rings is 1. The van der Waals surface area contributed by atoms with Crippen molar-refractivity contribution in [2.75, 3.05) is 6.54 Å². The molecule has 3 rings (SSSR count). The summed E-state index contributed by atoms with van der Waals surface area (Å²) in [4.78, 5) is 30.2. The molecule has 27 heavy (non-hydrogen) atoms. The lowest BCUT2D eigenvalue weighted by Crippen LogP contribution is -2.40. The predicted octanol–water partition coefficient (Wildman–Crippen LogP) is 3.34. The molecule has 0 saturated carbocycles. The normalized spacial score (nSPS) is 11.3. The molecule has 0 spiro atoms. The molecule has 0 fully saturated rings. The Morgan fingerprint density at radius 1 is 1.22 bits per heavy atom. The van der Waals surface area contributed by atoms with Crippen LogP contribution < -0.4 is 0 Å². The van der Waals surface area contributed by atoms with E-state index in [1.807, 2.05) is 19.9 Å². The van der Waals surface area contributed by atoms with Crippen molar-refractivity contribution in [3.05, 3.63) is 34.9 Å². The topological polar surface area (TPSA) is 110 Å². The largest absolute Gasteiger partial charge is 0.480 e. The molecular weight excluding hydrogens is 350 g/mol. The van der Waals surface area contributed by atoms with Crippen molar-refractivity contribution in [2.45, 2.75) is 40.7 Å². The first kappa shape index (κ1) is 18.6. The molecule has 142 valence electrons. The van der Waals surface area contributed by atoms with Crippen molar-refractivity contribution in [1.82, 2.24) is 15.0 Å². The lowest BCUT2D eigenvalue weighted by molar-refractivity contribution is -0.138. The lowest BCUT2D eigenvalue weighted by Gasteiger charge is -2.25. The van der Waals surface area contributed by atoms with E-state index in [1.165, 1.54) is 4.90 Å². The number of carboxylic acid groups (broad SMARTS) is 1. The van der Waals surface area contributed by atoms with Crippen molar-refractivity contribution in [3.63, 3.8) is 0 Å². The van der Waals surface area contributed by atoms with Crippen molar-refractivity contribution in [2.24, 2.45) is 0 Å². The summed E-state index contributed by atoms with van der Waals surface area (Å²) in [5.74, 6) is -0.0999. The molecule has 3 aromatic heterocycles. The summed E-state index contributed by atoms with van der Waals surface area (Å²) in [6.45, 7) is 8.49. The molecule has 1 amide bonds. The highest BCUT2D eigenvalue weighted by molar-refractivity contribution is 6.07. The fourth-order valence-electron chi connectivity index (χ4n) is 3.08. The quantitative estimate of drug-likeness (QED) is 0.732. The first-order valence-corrected chi connectivity index (χ1v) is 8.56. The summed E-state index contributed by atoms with van der Waals surface area (Å²) >= 11 is 0. The van der Waals surface area contributed by atoms with Gasteiger partial charge >= 0.3 is 5.97 Å². The molecular formula is C19H21N3O5. The molecule has 0 atom stereocenters. The second-order valence-corrected chi connectivity index (χ2v) is 6.75. The number of amides is 1. The minimum atomic E-state index is -1.08. The fraction of sp³-hybridized carbons (Fsp3) is 0.368. The van der Waals surface area contributed by atoms with Crippen LogP contribution >= 0.6 is 0 Å². The number of aryl methyl sites for hydroxylation is 3. The van der Waals surface area contributed by atoms with Gasteiger partial charge in [-0.15, -0.1) is 0 Å². The highest BCUT2D eigenvalue weighted by Crippen LogP contribution is 2.31. The van der Waals surface area contributed by atoms with Crippen molar-refractivity contribution >= 4 is 23.0 Å². The van der Waals surface area contributed by atoms with Gasteiger partial charge in [-0.1, -0.05) is 5.16 Å². The molecule has 0 aromatic carbocycles. The van der Waals surface area contributed by atoms with E-state index >= 15 is 0 Å². The lowest BCUT2D eigenvalue weighted by atomic mass is 10.0. The Hall–Kier alpha value is -3.16. The minimum absolute atomic E-state index is 0.227. The van der Waals surface area contributed by atoms with Crippen LogP contribution in [0.2, 0.25) is 0 Å². The molecule has 0 aliphatic heterocycles. The summed E-state index contributed by atoms with van der Waals surface area (Å²) < 4.78 is 10.9. The van der Waals surface area contributed by atoms with E-state index < -0.39 is 18.4 Å². The molecule has 8 nitrogen and oxygen atoms in total. The molecule has 3 heterocycles. The molecule has 1 N–H and O–H groups in total. The van der Waals surface area contributed by atoms with Gasteiger partial charge in [0, 0.05) is 11.6 Å². The zero-order valence-electron chi connectivity index (χ0n) is 15.9. The van der Waals surface area contributed by atoms with Crippen LogP contribution in [0.1, 0.15) is 41.4 Å². The molecule has 3 aromatic rings. The minimum Gasteiger partial charge on any atom is -0.480 e. The van der Waals surface area contributed by atoms with E-state index in [0.717, 1.165) is 11.3 Å². The average molecular weight is 371 g/mol. The standard InChI is InChI=1S/C19H21N3O5/c1-9(2)22(8-16(23)24)19(25)14-7-15(13-6-10(3)26-12(13)5)20-18-17(14)11(4)21-27-18/h6-7,9H,8H2,1-5H3,(H,23,24). The van der Waals surface area contributed by atoms with Crippen LogP contribution in [0.4, 0.5) is 0 Å². The monoisotopic (exact) mass is 371 g/mol. The SMILES string of the molecule is Cc1cc(-c2cc(C(=O)N(CC(=O)O)C(C)C)c3c(C)noc3n2)c(C)o1. The zero-order valence-corrected chi connectivity index (χ0v) is 15.9. The molecule has 0 aliphatic rings. The number of rotatable bonds is 5. The van der Waals surface area contributed by atoms with Gasteiger partial charge in [0.15, 0.2) is 0 Å². The van der Waals surface area contributed by atoms with Gasteiger partial charge in [0.05, 0.1) is 22.3 Å². The van der Waals surface area contributed by atoms with Crippen LogP contribution in [0.5, 0.6) is 0 Å². The second-order valence-electron chi connectivity index (χ2n) is 6.75. The number of aliphatic carboxylic acids is 1. The van der Waals surface area contributed by atoms with E-state index in [9.17, 15) is 14.7 Å². The maximum Gasteiger partial charge on any atom is 0.323 e. The Morgan fingerprint density at radius 2 is 1.93 bits per heavy atom. The average Bonchev–Trinajstić information content (AvgIpc) is 3.13. The van der Waals surface area contributed by atoms with Gasteiger partial charge in [-0.2, -0.15) is 0 Å². The summed E-state index contributed by atoms with van der Waals surface area (Å²) in [7, 11) is 0. The van der Waals surface area contributed by atoms with Crippen LogP contribution in [0.15, 0.2) is 21.1 Å². The van der Waals surface area contributed by atoms with Gasteiger partial charge in [-0.05, 0) is 46.8 Å². The Morgan fingerprint density at radius 3 is 2.48 bits per heavy atom. The number of carboxylic acids is 1. The highest BCUT2D eigenvalue weighted by Gasteiger charge is 2.27. The van der Waals surface area contributed by atoms with Gasteiger partial charge in [-0.3, -0.25) is 9.59 Å². The highest BCUT2D eigenvalue weighted by atomic mass is 16.5. The van der Waals surface area contributed by atoms with Crippen LogP contribution in [0.3, 0.4) is 0 Å². The Labute approximate surface area is 155 Å². The van der Waals surface area contributed by atoms with Crippen LogP contribution in [0.25, 0.3) is 22.4 Å². The third-order valence-electron chi connectivity index (χ3n) is 4.35. The molecule has 8 heteroatoms. The smallest absolute Gasteiger partial charge is 0.323 e. The predicted molar refractivity (Wildman–Crippen MR) is 97.5 cm³/mol. The number of hydrogen-bond donors (Lipinski definition) is 1. The third kappa shape index (κ3) is 3.42.